The molecule has 0 aromatic heterocycles. The third-order valence-electron chi connectivity index (χ3n) is 2.73. The maximum absolute atomic E-state index is 12.7. The Morgan fingerprint density at radius 1 is 1.29 bits per heavy atom. The van der Waals surface area contributed by atoms with E-state index in [0.29, 0.717) is 6.92 Å². The van der Waals surface area contributed by atoms with Crippen molar-refractivity contribution in [3.8, 4) is 0 Å². The van der Waals surface area contributed by atoms with Gasteiger partial charge in [0.2, 0.25) is 0 Å². The highest BCUT2D eigenvalue weighted by Crippen LogP contribution is 2.29. The van der Waals surface area contributed by atoms with Crippen molar-refractivity contribution in [2.75, 3.05) is 11.9 Å². The minimum atomic E-state index is -4.92. The van der Waals surface area contributed by atoms with Gasteiger partial charge in [-0.05, 0) is 26.0 Å². The van der Waals surface area contributed by atoms with Crippen molar-refractivity contribution in [1.82, 2.24) is 0 Å². The van der Waals surface area contributed by atoms with Crippen molar-refractivity contribution >= 4 is 17.6 Å². The number of rotatable bonds is 4. The Balaban J connectivity index is 3.04. The second-order valence-electron chi connectivity index (χ2n) is 4.42. The highest BCUT2D eigenvalue weighted by atomic mass is 19.4. The molecule has 1 atom stereocenters. The van der Waals surface area contributed by atoms with Crippen molar-refractivity contribution in [3.63, 3.8) is 0 Å². The average Bonchev–Trinajstić information content (AvgIpc) is 2.38. The van der Waals surface area contributed by atoms with Gasteiger partial charge in [0.1, 0.15) is 0 Å². The molecule has 0 heterocycles. The van der Waals surface area contributed by atoms with Crippen LogP contribution in [0.4, 0.5) is 18.9 Å². The molecule has 0 bridgehead atoms. The molecule has 1 aromatic carbocycles. The van der Waals surface area contributed by atoms with Crippen LogP contribution in [0.5, 0.6) is 0 Å². The van der Waals surface area contributed by atoms with Crippen LogP contribution in [-0.2, 0) is 9.53 Å². The van der Waals surface area contributed by atoms with E-state index in [9.17, 15) is 22.8 Å². The lowest BCUT2D eigenvalue weighted by molar-refractivity contribution is -0.184. The second kappa shape index (κ2) is 6.13. The third kappa shape index (κ3) is 3.72. The molecule has 5 nitrogen and oxygen atoms in total. The first-order chi connectivity index (χ1) is 9.61. The van der Waals surface area contributed by atoms with E-state index in [4.69, 9.17) is 10.5 Å². The van der Waals surface area contributed by atoms with E-state index < -0.39 is 23.6 Å². The number of carbonyl (C=O) groups is 2. The van der Waals surface area contributed by atoms with Crippen LogP contribution in [-0.4, -0.2) is 30.2 Å². The van der Waals surface area contributed by atoms with Gasteiger partial charge in [0, 0.05) is 0 Å². The van der Waals surface area contributed by atoms with Gasteiger partial charge in [0.05, 0.1) is 17.9 Å². The highest BCUT2D eigenvalue weighted by Gasteiger charge is 2.54. The lowest BCUT2D eigenvalue weighted by atomic mass is 10.0. The summed E-state index contributed by atoms with van der Waals surface area (Å²) in [6, 6.07) is 5.57. The number of esters is 1. The van der Waals surface area contributed by atoms with Crippen molar-refractivity contribution < 1.29 is 27.5 Å². The van der Waals surface area contributed by atoms with Crippen molar-refractivity contribution in [3.05, 3.63) is 29.8 Å². The molecule has 0 aliphatic rings. The number of para-hydroxylation sites is 1. The Morgan fingerprint density at radius 2 is 1.86 bits per heavy atom. The molecule has 1 unspecified atom stereocenters. The fourth-order valence-corrected chi connectivity index (χ4v) is 1.36. The van der Waals surface area contributed by atoms with Crippen LogP contribution in [0.15, 0.2) is 24.3 Å². The van der Waals surface area contributed by atoms with Gasteiger partial charge in [0.15, 0.2) is 5.54 Å². The van der Waals surface area contributed by atoms with E-state index >= 15 is 0 Å². The van der Waals surface area contributed by atoms with Gasteiger partial charge in [0.25, 0.3) is 5.91 Å². The first-order valence-electron chi connectivity index (χ1n) is 6.04. The van der Waals surface area contributed by atoms with Crippen LogP contribution in [0.1, 0.15) is 24.2 Å². The molecular formula is C13H15F3N2O3. The van der Waals surface area contributed by atoms with Gasteiger partial charge in [-0.3, -0.25) is 4.79 Å². The standard InChI is InChI=1S/C13H15F3N2O3/c1-3-21-10(19)8-6-4-5-7-9(8)18-11(20)12(2,17)13(14,15)16/h4-7H,3,17H2,1-2H3,(H,18,20). The largest absolute Gasteiger partial charge is 0.462 e. The Morgan fingerprint density at radius 3 is 2.38 bits per heavy atom. The Kier molecular flexibility index (Phi) is 4.95. The molecule has 116 valence electrons. The number of hydrogen-bond acceptors (Lipinski definition) is 4. The molecule has 0 aliphatic heterocycles. The van der Waals surface area contributed by atoms with E-state index in [1.54, 1.807) is 6.92 Å². The minimum absolute atomic E-state index is 0.0503. The lowest BCUT2D eigenvalue weighted by Gasteiger charge is -2.26. The fraction of sp³-hybridized carbons (Fsp3) is 0.385. The van der Waals surface area contributed by atoms with Crippen LogP contribution in [0, 0.1) is 0 Å². The van der Waals surface area contributed by atoms with Gasteiger partial charge < -0.3 is 15.8 Å². The predicted molar refractivity (Wildman–Crippen MR) is 69.7 cm³/mol. The average molecular weight is 304 g/mol. The zero-order valence-electron chi connectivity index (χ0n) is 11.5. The quantitative estimate of drug-likeness (QED) is 0.835. The summed E-state index contributed by atoms with van der Waals surface area (Å²) in [5, 5.41) is 2.01. The molecule has 0 aliphatic carbocycles. The van der Waals surface area contributed by atoms with Gasteiger partial charge in [-0.15, -0.1) is 0 Å². The molecule has 0 spiro atoms. The van der Waals surface area contributed by atoms with Crippen LogP contribution >= 0.6 is 0 Å². The molecule has 21 heavy (non-hydrogen) atoms. The number of carbonyl (C=O) groups excluding carboxylic acids is 2. The molecule has 8 heteroatoms. The number of benzene rings is 1. The molecule has 0 saturated heterocycles. The number of anilines is 1. The minimum Gasteiger partial charge on any atom is -0.462 e. The van der Waals surface area contributed by atoms with E-state index in [1.807, 2.05) is 5.32 Å². The molecule has 1 aromatic rings. The summed E-state index contributed by atoms with van der Waals surface area (Å²) in [5.74, 6) is -2.22. The van der Waals surface area contributed by atoms with Crippen LogP contribution < -0.4 is 11.1 Å². The summed E-state index contributed by atoms with van der Waals surface area (Å²) >= 11 is 0. The second-order valence-corrected chi connectivity index (χ2v) is 4.42. The first kappa shape index (κ1) is 17.0. The molecule has 0 fully saturated rings. The van der Waals surface area contributed by atoms with E-state index in [-0.39, 0.29) is 17.9 Å². The molecule has 0 radical (unpaired) electrons. The number of nitrogens with one attached hydrogen (secondary N) is 1. The molecule has 1 amide bonds. The van der Waals surface area contributed by atoms with Gasteiger partial charge in [-0.2, -0.15) is 13.2 Å². The maximum Gasteiger partial charge on any atom is 0.415 e. The number of halogens is 3. The van der Waals surface area contributed by atoms with Gasteiger partial charge in [-0.1, -0.05) is 12.1 Å². The molecular weight excluding hydrogens is 289 g/mol. The summed E-state index contributed by atoms with van der Waals surface area (Å²) < 4.78 is 42.8. The Labute approximate surface area is 119 Å². The zero-order valence-corrected chi connectivity index (χ0v) is 11.5. The number of alkyl halides is 3. The van der Waals surface area contributed by atoms with Crippen molar-refractivity contribution in [2.24, 2.45) is 5.73 Å². The molecule has 1 rings (SSSR count). The number of amides is 1. The SMILES string of the molecule is CCOC(=O)c1ccccc1NC(=O)C(C)(N)C(F)(F)F. The molecule has 3 N–H and O–H groups in total. The Bertz CT molecular complexity index is 542. The maximum atomic E-state index is 12.7. The smallest absolute Gasteiger partial charge is 0.415 e. The molecule has 0 saturated carbocycles. The number of nitrogens with two attached hydrogens (primary N) is 1. The topological polar surface area (TPSA) is 81.4 Å². The van der Waals surface area contributed by atoms with E-state index in [1.165, 1.54) is 24.3 Å². The van der Waals surface area contributed by atoms with Crippen LogP contribution in [0.3, 0.4) is 0 Å². The first-order valence-corrected chi connectivity index (χ1v) is 6.04. The normalized spacial score (nSPS) is 14.2. The van der Waals surface area contributed by atoms with Crippen LogP contribution in [0.25, 0.3) is 0 Å². The summed E-state index contributed by atoms with van der Waals surface area (Å²) in [5.41, 5.74) is 1.80. The fourth-order valence-electron chi connectivity index (χ4n) is 1.36. The highest BCUT2D eigenvalue weighted by molar-refractivity contribution is 6.04. The summed E-state index contributed by atoms with van der Waals surface area (Å²) in [6.45, 7) is 2.23. The summed E-state index contributed by atoms with van der Waals surface area (Å²) in [7, 11) is 0. The monoisotopic (exact) mass is 304 g/mol. The number of hydrogen-bond donors (Lipinski definition) is 2. The third-order valence-corrected chi connectivity index (χ3v) is 2.73. The summed E-state index contributed by atoms with van der Waals surface area (Å²) in [4.78, 5) is 23.4. The van der Waals surface area contributed by atoms with Gasteiger partial charge >= 0.3 is 12.1 Å². The summed E-state index contributed by atoms with van der Waals surface area (Å²) in [6.07, 6.45) is -4.92. The van der Waals surface area contributed by atoms with Crippen molar-refractivity contribution in [2.45, 2.75) is 25.6 Å². The van der Waals surface area contributed by atoms with Crippen molar-refractivity contribution in [1.29, 1.82) is 0 Å². The van der Waals surface area contributed by atoms with E-state index in [2.05, 4.69) is 0 Å². The zero-order chi connectivity index (χ0) is 16.3. The van der Waals surface area contributed by atoms with E-state index in [0.717, 1.165) is 0 Å². The van der Waals surface area contributed by atoms with Crippen LogP contribution in [0.2, 0.25) is 0 Å². The number of ether oxygens (including phenoxy) is 1. The predicted octanol–water partition coefficient (Wildman–Crippen LogP) is 2.08. The lowest BCUT2D eigenvalue weighted by Crippen LogP contribution is -2.59. The Hall–Kier alpha value is -2.09. The van der Waals surface area contributed by atoms with Gasteiger partial charge in [-0.25, -0.2) is 4.79 Å².